The number of aromatic nitrogens is 2. The van der Waals surface area contributed by atoms with Crippen molar-refractivity contribution in [1.29, 1.82) is 0 Å². The van der Waals surface area contributed by atoms with Gasteiger partial charge in [-0.15, -0.1) is 11.3 Å². The van der Waals surface area contributed by atoms with Gasteiger partial charge in [-0.3, -0.25) is 0 Å². The summed E-state index contributed by atoms with van der Waals surface area (Å²) < 4.78 is 7.35. The Bertz CT molecular complexity index is 2880. The van der Waals surface area contributed by atoms with E-state index in [2.05, 4.69) is 160 Å². The highest BCUT2D eigenvalue weighted by molar-refractivity contribution is 7.26. The van der Waals surface area contributed by atoms with Crippen molar-refractivity contribution in [3.63, 3.8) is 0 Å². The molecular formula is C43H25N3S. The second kappa shape index (κ2) is 9.92. The summed E-state index contributed by atoms with van der Waals surface area (Å²) in [6.45, 7) is 7.82. The first-order valence-electron chi connectivity index (χ1n) is 15.7. The van der Waals surface area contributed by atoms with Crippen LogP contribution in [-0.2, 0) is 0 Å². The molecule has 0 spiro atoms. The van der Waals surface area contributed by atoms with E-state index in [1.807, 2.05) is 17.4 Å². The Balaban J connectivity index is 1.31. The Morgan fingerprint density at radius 1 is 0.447 bits per heavy atom. The molecule has 0 bridgehead atoms. The lowest BCUT2D eigenvalue weighted by atomic mass is 10.0. The van der Waals surface area contributed by atoms with Gasteiger partial charge in [0.15, 0.2) is 5.69 Å². The van der Waals surface area contributed by atoms with E-state index in [1.54, 1.807) is 0 Å². The van der Waals surface area contributed by atoms with E-state index in [9.17, 15) is 0 Å². The molecule has 0 atom stereocenters. The van der Waals surface area contributed by atoms with Crippen molar-refractivity contribution in [3.8, 4) is 22.5 Å². The fourth-order valence-electron chi connectivity index (χ4n) is 7.58. The van der Waals surface area contributed by atoms with Gasteiger partial charge in [-0.2, -0.15) is 0 Å². The summed E-state index contributed by atoms with van der Waals surface area (Å²) in [5.41, 5.74) is 9.82. The van der Waals surface area contributed by atoms with E-state index in [4.69, 9.17) is 6.57 Å². The first-order valence-corrected chi connectivity index (χ1v) is 16.5. The quantitative estimate of drug-likeness (QED) is 0.176. The van der Waals surface area contributed by atoms with Crippen molar-refractivity contribution >= 4 is 80.8 Å². The van der Waals surface area contributed by atoms with Crippen LogP contribution in [0.1, 0.15) is 0 Å². The molecule has 3 nitrogen and oxygen atoms in total. The molecular weight excluding hydrogens is 591 g/mol. The Kier molecular flexibility index (Phi) is 5.51. The van der Waals surface area contributed by atoms with Crippen molar-refractivity contribution in [2.75, 3.05) is 0 Å². The molecule has 218 valence electrons. The zero-order valence-electron chi connectivity index (χ0n) is 25.2. The molecule has 3 heterocycles. The minimum atomic E-state index is 0.652. The smallest absolute Gasteiger partial charge is 0.188 e. The molecule has 0 radical (unpaired) electrons. The fourth-order valence-corrected chi connectivity index (χ4v) is 8.84. The summed E-state index contributed by atoms with van der Waals surface area (Å²) in [7, 11) is 0. The van der Waals surface area contributed by atoms with Crippen molar-refractivity contribution in [1.82, 2.24) is 9.13 Å². The van der Waals surface area contributed by atoms with Crippen LogP contribution in [0.15, 0.2) is 152 Å². The monoisotopic (exact) mass is 615 g/mol. The zero-order valence-corrected chi connectivity index (χ0v) is 26.0. The lowest BCUT2D eigenvalue weighted by Gasteiger charge is -2.18. The Morgan fingerprint density at radius 3 is 1.66 bits per heavy atom. The maximum absolute atomic E-state index is 7.82. The third kappa shape index (κ3) is 3.66. The lowest BCUT2D eigenvalue weighted by molar-refractivity contribution is 1.16. The van der Waals surface area contributed by atoms with Crippen molar-refractivity contribution < 1.29 is 0 Å². The fraction of sp³-hybridized carbons (Fsp3) is 0. The molecule has 0 saturated heterocycles. The first-order chi connectivity index (χ1) is 23.3. The molecule has 0 aliphatic heterocycles. The molecule has 7 aromatic carbocycles. The molecule has 3 aromatic heterocycles. The van der Waals surface area contributed by atoms with E-state index in [0.29, 0.717) is 5.69 Å². The molecule has 0 saturated carbocycles. The van der Waals surface area contributed by atoms with Gasteiger partial charge in [0.05, 0.1) is 40.0 Å². The number of nitrogens with zero attached hydrogens (tertiary/aromatic N) is 3. The number of benzene rings is 7. The summed E-state index contributed by atoms with van der Waals surface area (Å²) >= 11 is 1.84. The standard InChI is InChI=1S/C43H25N3S/c1-44-27-22-24-39-34(26-27)42-40(25-23-33-32-16-6-11-21-41(32)47-43(33)42)46(39)38-20-10-5-15-31(38)30-14-4-9-19-37(30)45-35-17-7-2-12-28(35)29-13-3-8-18-36(29)45/h2-26H. The van der Waals surface area contributed by atoms with Crippen LogP contribution in [-0.4, -0.2) is 9.13 Å². The average molecular weight is 616 g/mol. The number of fused-ring (bicyclic) bond motifs is 10. The van der Waals surface area contributed by atoms with E-state index in [0.717, 1.165) is 38.9 Å². The molecule has 0 fully saturated rings. The van der Waals surface area contributed by atoms with Gasteiger partial charge in [0.1, 0.15) is 0 Å². The molecule has 0 aliphatic carbocycles. The first kappa shape index (κ1) is 26.1. The summed E-state index contributed by atoms with van der Waals surface area (Å²) in [6, 6.07) is 54.2. The van der Waals surface area contributed by atoms with Crippen LogP contribution in [0.2, 0.25) is 0 Å². The number of rotatable bonds is 3. The van der Waals surface area contributed by atoms with E-state index >= 15 is 0 Å². The summed E-state index contributed by atoms with van der Waals surface area (Å²) in [5.74, 6) is 0. The van der Waals surface area contributed by atoms with Gasteiger partial charge >= 0.3 is 0 Å². The molecule has 0 N–H and O–H groups in total. The molecule has 47 heavy (non-hydrogen) atoms. The van der Waals surface area contributed by atoms with Crippen LogP contribution in [0.5, 0.6) is 0 Å². The minimum Gasteiger partial charge on any atom is -0.309 e. The highest BCUT2D eigenvalue weighted by Gasteiger charge is 2.21. The molecule has 0 unspecified atom stereocenters. The van der Waals surface area contributed by atoms with Gasteiger partial charge in [-0.25, -0.2) is 4.85 Å². The number of thiophene rings is 1. The van der Waals surface area contributed by atoms with Crippen LogP contribution in [0.4, 0.5) is 5.69 Å². The molecule has 0 amide bonds. The van der Waals surface area contributed by atoms with Gasteiger partial charge in [0.2, 0.25) is 0 Å². The normalized spacial score (nSPS) is 11.8. The van der Waals surface area contributed by atoms with Crippen molar-refractivity contribution in [3.05, 3.63) is 163 Å². The third-order valence-electron chi connectivity index (χ3n) is 9.55. The third-order valence-corrected chi connectivity index (χ3v) is 10.7. The molecule has 10 rings (SSSR count). The van der Waals surface area contributed by atoms with Crippen LogP contribution < -0.4 is 0 Å². The van der Waals surface area contributed by atoms with Gasteiger partial charge < -0.3 is 9.13 Å². The van der Waals surface area contributed by atoms with Gasteiger partial charge in [-0.1, -0.05) is 103 Å². The average Bonchev–Trinajstić information content (AvgIpc) is 3.79. The summed E-state index contributed by atoms with van der Waals surface area (Å²) in [6.07, 6.45) is 0. The number of hydrogen-bond donors (Lipinski definition) is 0. The molecule has 0 aliphatic rings. The predicted octanol–water partition coefficient (Wildman–Crippen LogP) is 12.5. The predicted molar refractivity (Wildman–Crippen MR) is 200 cm³/mol. The Morgan fingerprint density at radius 2 is 0.979 bits per heavy atom. The summed E-state index contributed by atoms with van der Waals surface area (Å²) in [5, 5.41) is 7.34. The highest BCUT2D eigenvalue weighted by atomic mass is 32.1. The Hall–Kier alpha value is -6.15. The molecule has 10 aromatic rings. The number of hydrogen-bond acceptors (Lipinski definition) is 1. The van der Waals surface area contributed by atoms with Crippen molar-refractivity contribution in [2.45, 2.75) is 0 Å². The van der Waals surface area contributed by atoms with Crippen LogP contribution in [0.3, 0.4) is 0 Å². The van der Waals surface area contributed by atoms with Crippen molar-refractivity contribution in [2.24, 2.45) is 0 Å². The van der Waals surface area contributed by atoms with Crippen LogP contribution in [0, 0.1) is 6.57 Å². The lowest BCUT2D eigenvalue weighted by Crippen LogP contribution is -2.01. The zero-order chi connectivity index (χ0) is 31.1. The topological polar surface area (TPSA) is 14.2 Å². The minimum absolute atomic E-state index is 0.652. The van der Waals surface area contributed by atoms with E-state index in [-0.39, 0.29) is 0 Å². The SMILES string of the molecule is [C-]#[N+]c1ccc2c(c1)c1c3sc4ccccc4c3ccc1n2-c1ccccc1-c1ccccc1-n1c2ccccc2c2ccccc21. The van der Waals surface area contributed by atoms with Gasteiger partial charge in [-0.05, 0) is 53.9 Å². The second-order valence-electron chi connectivity index (χ2n) is 12.0. The van der Waals surface area contributed by atoms with Gasteiger partial charge in [0, 0.05) is 47.5 Å². The highest BCUT2D eigenvalue weighted by Crippen LogP contribution is 2.46. The van der Waals surface area contributed by atoms with E-state index < -0.39 is 0 Å². The maximum Gasteiger partial charge on any atom is 0.188 e. The van der Waals surface area contributed by atoms with Crippen LogP contribution >= 0.6 is 11.3 Å². The van der Waals surface area contributed by atoms with E-state index in [1.165, 1.54) is 47.4 Å². The Labute approximate surface area is 274 Å². The van der Waals surface area contributed by atoms with Gasteiger partial charge in [0.25, 0.3) is 0 Å². The number of para-hydroxylation sites is 4. The summed E-state index contributed by atoms with van der Waals surface area (Å²) in [4.78, 5) is 3.83. The molecule has 4 heteroatoms. The maximum atomic E-state index is 7.82. The largest absolute Gasteiger partial charge is 0.309 e. The second-order valence-corrected chi connectivity index (χ2v) is 13.0. The van der Waals surface area contributed by atoms with Crippen LogP contribution in [0.25, 0.3) is 91.1 Å².